The van der Waals surface area contributed by atoms with E-state index >= 15 is 0 Å². The first kappa shape index (κ1) is 15.1. The van der Waals surface area contributed by atoms with Crippen LogP contribution in [0.1, 0.15) is 35.9 Å². The van der Waals surface area contributed by atoms with Crippen LogP contribution < -0.4 is 0 Å². The second-order valence-corrected chi connectivity index (χ2v) is 6.70. The molecule has 1 atom stereocenters. The van der Waals surface area contributed by atoms with Crippen LogP contribution >= 0.6 is 0 Å². The predicted octanol–water partition coefficient (Wildman–Crippen LogP) is 5.42. The van der Waals surface area contributed by atoms with Gasteiger partial charge in [-0.05, 0) is 33.9 Å². The molecule has 1 aliphatic rings. The summed E-state index contributed by atoms with van der Waals surface area (Å²) in [5, 5.41) is 2.28. The largest absolute Gasteiger partial charge is 0.365 e. The summed E-state index contributed by atoms with van der Waals surface area (Å²) < 4.78 is 5.87. The zero-order valence-electron chi connectivity index (χ0n) is 14.0. The second kappa shape index (κ2) is 5.88. The molecule has 4 rings (SSSR count). The highest BCUT2D eigenvalue weighted by molar-refractivity contribution is 6.13. The van der Waals surface area contributed by atoms with Gasteiger partial charge in [-0.15, -0.1) is 0 Å². The van der Waals surface area contributed by atoms with Crippen LogP contribution in [0.2, 0.25) is 0 Å². The molecule has 24 heavy (non-hydrogen) atoms. The van der Waals surface area contributed by atoms with Gasteiger partial charge >= 0.3 is 0 Å². The van der Waals surface area contributed by atoms with E-state index in [9.17, 15) is 4.79 Å². The average molecular weight is 316 g/mol. The van der Waals surface area contributed by atoms with Crippen molar-refractivity contribution in [3.63, 3.8) is 0 Å². The van der Waals surface area contributed by atoms with E-state index in [2.05, 4.69) is 44.2 Å². The summed E-state index contributed by atoms with van der Waals surface area (Å²) in [5.74, 6) is 0.396. The molecule has 1 unspecified atom stereocenters. The Kier molecular flexibility index (Phi) is 3.70. The SMILES string of the molecule is CC(C)C1OCC(=O)c2c1cc1ccccc1c2-c1ccccc1. The third kappa shape index (κ3) is 2.35. The summed E-state index contributed by atoms with van der Waals surface area (Å²) in [4.78, 5) is 12.8. The van der Waals surface area contributed by atoms with Crippen LogP contribution in [0.4, 0.5) is 0 Å². The third-order valence-electron chi connectivity index (χ3n) is 4.73. The smallest absolute Gasteiger partial charge is 0.189 e. The van der Waals surface area contributed by atoms with Crippen molar-refractivity contribution in [3.8, 4) is 11.1 Å². The van der Waals surface area contributed by atoms with Gasteiger partial charge in [-0.1, -0.05) is 68.4 Å². The van der Waals surface area contributed by atoms with Crippen molar-refractivity contribution >= 4 is 16.6 Å². The first-order chi connectivity index (χ1) is 11.7. The van der Waals surface area contributed by atoms with E-state index in [4.69, 9.17) is 4.74 Å². The lowest BCUT2D eigenvalue weighted by atomic mass is 9.82. The molecule has 120 valence electrons. The molecule has 0 saturated carbocycles. The molecule has 0 spiro atoms. The molecule has 3 aromatic rings. The number of benzene rings is 3. The Bertz CT molecular complexity index is 910. The molecule has 2 nitrogen and oxygen atoms in total. The number of rotatable bonds is 2. The minimum Gasteiger partial charge on any atom is -0.365 e. The molecule has 0 fully saturated rings. The van der Waals surface area contributed by atoms with Gasteiger partial charge in [-0.2, -0.15) is 0 Å². The van der Waals surface area contributed by atoms with Gasteiger partial charge in [-0.3, -0.25) is 4.79 Å². The molecule has 0 N–H and O–H groups in total. The Morgan fingerprint density at radius 1 is 0.958 bits per heavy atom. The third-order valence-corrected chi connectivity index (χ3v) is 4.73. The topological polar surface area (TPSA) is 26.3 Å². The maximum absolute atomic E-state index is 12.8. The van der Waals surface area contributed by atoms with Gasteiger partial charge in [0.2, 0.25) is 0 Å². The molecular weight excluding hydrogens is 296 g/mol. The number of ketones is 1. The zero-order chi connectivity index (χ0) is 16.7. The summed E-state index contributed by atoms with van der Waals surface area (Å²) in [6.07, 6.45) is -0.0373. The number of Topliss-reactive ketones (excluding diaryl/α,β-unsaturated/α-hetero) is 1. The minimum atomic E-state index is -0.0373. The van der Waals surface area contributed by atoms with E-state index < -0.39 is 0 Å². The number of hydrogen-bond acceptors (Lipinski definition) is 2. The summed E-state index contributed by atoms with van der Waals surface area (Å²) >= 11 is 0. The first-order valence-corrected chi connectivity index (χ1v) is 8.42. The van der Waals surface area contributed by atoms with E-state index in [1.807, 2.05) is 30.3 Å². The number of carbonyl (C=O) groups is 1. The lowest BCUT2D eigenvalue weighted by Crippen LogP contribution is -2.26. The predicted molar refractivity (Wildman–Crippen MR) is 97.2 cm³/mol. The lowest BCUT2D eigenvalue weighted by Gasteiger charge is -2.30. The zero-order valence-corrected chi connectivity index (χ0v) is 14.0. The van der Waals surface area contributed by atoms with Gasteiger partial charge in [-0.25, -0.2) is 0 Å². The van der Waals surface area contributed by atoms with Gasteiger partial charge < -0.3 is 4.74 Å². The Morgan fingerprint density at radius 2 is 1.67 bits per heavy atom. The van der Waals surface area contributed by atoms with Crippen LogP contribution in [0, 0.1) is 5.92 Å². The molecule has 0 saturated heterocycles. The first-order valence-electron chi connectivity index (χ1n) is 8.42. The van der Waals surface area contributed by atoms with Gasteiger partial charge in [0.1, 0.15) is 6.61 Å². The monoisotopic (exact) mass is 316 g/mol. The highest BCUT2D eigenvalue weighted by Gasteiger charge is 2.32. The van der Waals surface area contributed by atoms with Crippen molar-refractivity contribution < 1.29 is 9.53 Å². The maximum atomic E-state index is 12.8. The van der Waals surface area contributed by atoms with Crippen molar-refractivity contribution in [1.82, 2.24) is 0 Å². The number of hydrogen-bond donors (Lipinski definition) is 0. The average Bonchev–Trinajstić information content (AvgIpc) is 2.60. The Labute approximate surface area is 142 Å². The second-order valence-electron chi connectivity index (χ2n) is 6.70. The van der Waals surface area contributed by atoms with Crippen LogP contribution in [-0.4, -0.2) is 12.4 Å². The van der Waals surface area contributed by atoms with Gasteiger partial charge in [0.05, 0.1) is 6.10 Å². The van der Waals surface area contributed by atoms with Crippen molar-refractivity contribution in [2.75, 3.05) is 6.61 Å². The molecule has 3 aromatic carbocycles. The molecule has 1 heterocycles. The number of fused-ring (bicyclic) bond motifs is 2. The normalized spacial score (nSPS) is 17.3. The molecule has 0 bridgehead atoms. The van der Waals surface area contributed by atoms with Crippen molar-refractivity contribution in [1.29, 1.82) is 0 Å². The Balaban J connectivity index is 2.12. The van der Waals surface area contributed by atoms with Gasteiger partial charge in [0.25, 0.3) is 0 Å². The van der Waals surface area contributed by atoms with Crippen LogP contribution in [0.25, 0.3) is 21.9 Å². The highest BCUT2D eigenvalue weighted by Crippen LogP contribution is 2.42. The quantitative estimate of drug-likeness (QED) is 0.631. The van der Waals surface area contributed by atoms with Crippen molar-refractivity contribution in [3.05, 3.63) is 71.8 Å². The molecule has 1 aliphatic heterocycles. The number of ether oxygens (including phenoxy) is 1. The molecule has 0 aliphatic carbocycles. The fraction of sp³-hybridized carbons (Fsp3) is 0.227. The van der Waals surface area contributed by atoms with Crippen molar-refractivity contribution in [2.45, 2.75) is 20.0 Å². The van der Waals surface area contributed by atoms with Crippen molar-refractivity contribution in [2.24, 2.45) is 5.92 Å². The fourth-order valence-electron chi connectivity index (χ4n) is 3.68. The Morgan fingerprint density at radius 3 is 2.42 bits per heavy atom. The Hall–Kier alpha value is -2.45. The van der Waals surface area contributed by atoms with E-state index in [-0.39, 0.29) is 18.5 Å². The summed E-state index contributed by atoms with van der Waals surface area (Å²) in [5.41, 5.74) is 4.00. The van der Waals surface area contributed by atoms with Gasteiger partial charge in [0, 0.05) is 11.1 Å². The fourth-order valence-corrected chi connectivity index (χ4v) is 3.68. The molecule has 2 heteroatoms. The van der Waals surface area contributed by atoms with E-state index in [0.29, 0.717) is 5.92 Å². The van der Waals surface area contributed by atoms with Crippen LogP contribution in [0.5, 0.6) is 0 Å². The summed E-state index contributed by atoms with van der Waals surface area (Å²) in [6.45, 7) is 4.44. The maximum Gasteiger partial charge on any atom is 0.189 e. The van der Waals surface area contributed by atoms with E-state index in [1.54, 1.807) is 0 Å². The van der Waals surface area contributed by atoms with Crippen LogP contribution in [0.15, 0.2) is 60.7 Å². The van der Waals surface area contributed by atoms with E-state index in [1.165, 1.54) is 0 Å². The molecule has 0 radical (unpaired) electrons. The standard InChI is InChI=1S/C22H20O2/c1-14(2)22-18-12-16-10-6-7-11-17(16)20(15-8-4-3-5-9-15)21(18)19(23)13-24-22/h3-12,14,22H,13H2,1-2H3. The van der Waals surface area contributed by atoms with Crippen LogP contribution in [-0.2, 0) is 4.74 Å². The lowest BCUT2D eigenvalue weighted by molar-refractivity contribution is 0.0144. The van der Waals surface area contributed by atoms with Crippen LogP contribution in [0.3, 0.4) is 0 Å². The summed E-state index contributed by atoms with van der Waals surface area (Å²) in [6, 6.07) is 20.6. The molecule has 0 aromatic heterocycles. The number of carbonyl (C=O) groups excluding carboxylic acids is 1. The highest BCUT2D eigenvalue weighted by atomic mass is 16.5. The minimum absolute atomic E-state index is 0.0373. The summed E-state index contributed by atoms with van der Waals surface area (Å²) in [7, 11) is 0. The molecular formula is C22H20O2. The van der Waals surface area contributed by atoms with Gasteiger partial charge in [0.15, 0.2) is 5.78 Å². The van der Waals surface area contributed by atoms with E-state index in [0.717, 1.165) is 33.0 Å². The molecule has 0 amide bonds.